The fraction of sp³-hybridized carbons (Fsp3) is 0.692. The summed E-state index contributed by atoms with van der Waals surface area (Å²) in [5, 5.41) is 0. The molecule has 0 unspecified atom stereocenters. The second-order valence-electron chi connectivity index (χ2n) is 10.3. The molecule has 2 saturated carbocycles. The number of halogens is 6. The first kappa shape index (κ1) is 25.5. The van der Waals surface area contributed by atoms with Crippen molar-refractivity contribution in [1.82, 2.24) is 0 Å². The van der Waals surface area contributed by atoms with E-state index >= 15 is 0 Å². The van der Waals surface area contributed by atoms with E-state index in [1.54, 1.807) is 0 Å². The Morgan fingerprint density at radius 2 is 1.35 bits per heavy atom. The van der Waals surface area contributed by atoms with Crippen LogP contribution in [0.2, 0.25) is 0 Å². The third kappa shape index (κ3) is 6.17. The molecule has 0 radical (unpaired) electrons. The van der Waals surface area contributed by atoms with E-state index in [4.69, 9.17) is 9.47 Å². The molecule has 0 bridgehead atoms. The van der Waals surface area contributed by atoms with E-state index in [9.17, 15) is 26.3 Å². The van der Waals surface area contributed by atoms with E-state index in [1.807, 2.05) is 0 Å². The van der Waals surface area contributed by atoms with Crippen molar-refractivity contribution in [2.24, 2.45) is 23.7 Å². The SMILES string of the molecule is CC1CCC(C2COC(C3CCC(c4cc(F)c(/C(F)=C/C(F)(F)F)c(F)c4)CC3)OC2)CC1. The molecule has 3 aliphatic rings. The molecule has 2 nitrogen and oxygen atoms in total. The summed E-state index contributed by atoms with van der Waals surface area (Å²) in [6.45, 7) is 3.72. The number of allylic oxidation sites excluding steroid dienone is 1. The lowest BCUT2D eigenvalue weighted by Gasteiger charge is -2.41. The number of rotatable bonds is 4. The highest BCUT2D eigenvalue weighted by atomic mass is 19.4. The molecule has 3 fully saturated rings. The van der Waals surface area contributed by atoms with E-state index in [-0.39, 0.29) is 18.1 Å². The van der Waals surface area contributed by atoms with Crippen molar-refractivity contribution >= 4 is 5.83 Å². The standard InChI is InChI=1S/C26H32F6O2/c1-15-2-4-17(5-3-15)20-13-33-25(34-14-20)18-8-6-16(7-9-18)19-10-21(27)24(22(28)11-19)23(29)12-26(30,31)32/h10-12,15-18,20,25H,2-9,13-14H2,1H3/b23-12-. The average molecular weight is 491 g/mol. The van der Waals surface area contributed by atoms with Crippen LogP contribution in [0.5, 0.6) is 0 Å². The van der Waals surface area contributed by atoms with Gasteiger partial charge >= 0.3 is 6.18 Å². The van der Waals surface area contributed by atoms with E-state index in [0.29, 0.717) is 43.5 Å². The van der Waals surface area contributed by atoms with Crippen molar-refractivity contribution in [2.45, 2.75) is 76.7 Å². The Morgan fingerprint density at radius 3 is 1.88 bits per heavy atom. The average Bonchev–Trinajstić information content (AvgIpc) is 2.78. The molecule has 2 aliphatic carbocycles. The molecule has 190 valence electrons. The molecule has 1 aliphatic heterocycles. The van der Waals surface area contributed by atoms with Gasteiger partial charge in [0.05, 0.1) is 24.9 Å². The van der Waals surface area contributed by atoms with Crippen LogP contribution in [0.3, 0.4) is 0 Å². The molecule has 1 aromatic rings. The van der Waals surface area contributed by atoms with Gasteiger partial charge in [0, 0.05) is 11.8 Å². The monoisotopic (exact) mass is 490 g/mol. The maximum Gasteiger partial charge on any atom is 0.412 e. The van der Waals surface area contributed by atoms with Gasteiger partial charge in [-0.05, 0) is 74.0 Å². The molecule has 0 atom stereocenters. The molecule has 1 heterocycles. The van der Waals surface area contributed by atoms with Crippen LogP contribution in [0.25, 0.3) is 5.83 Å². The Balaban J connectivity index is 1.31. The molecular weight excluding hydrogens is 458 g/mol. The second kappa shape index (κ2) is 10.6. The first-order valence-electron chi connectivity index (χ1n) is 12.3. The Labute approximate surface area is 196 Å². The van der Waals surface area contributed by atoms with Crippen molar-refractivity contribution in [3.8, 4) is 0 Å². The van der Waals surface area contributed by atoms with E-state index in [0.717, 1.165) is 30.9 Å². The summed E-state index contributed by atoms with van der Waals surface area (Å²) in [6.07, 6.45) is 1.81. The zero-order valence-corrected chi connectivity index (χ0v) is 19.4. The molecule has 0 amide bonds. The van der Waals surface area contributed by atoms with E-state index < -0.39 is 35.3 Å². The zero-order valence-electron chi connectivity index (χ0n) is 19.4. The largest absolute Gasteiger partial charge is 0.412 e. The molecule has 4 rings (SSSR count). The third-order valence-corrected chi connectivity index (χ3v) is 7.90. The fourth-order valence-corrected chi connectivity index (χ4v) is 5.83. The highest BCUT2D eigenvalue weighted by Crippen LogP contribution is 2.42. The van der Waals surface area contributed by atoms with Gasteiger partial charge < -0.3 is 9.47 Å². The lowest BCUT2D eigenvalue weighted by Crippen LogP contribution is -2.41. The molecular formula is C26H32F6O2. The van der Waals surface area contributed by atoms with Gasteiger partial charge in [-0.2, -0.15) is 13.2 Å². The molecule has 1 saturated heterocycles. The minimum Gasteiger partial charge on any atom is -0.352 e. The van der Waals surface area contributed by atoms with Gasteiger partial charge in [-0.3, -0.25) is 0 Å². The number of alkyl halides is 3. The highest BCUT2D eigenvalue weighted by Gasteiger charge is 2.36. The van der Waals surface area contributed by atoms with Crippen molar-refractivity contribution in [2.75, 3.05) is 13.2 Å². The van der Waals surface area contributed by atoms with Gasteiger partial charge in [0.15, 0.2) is 6.29 Å². The summed E-state index contributed by atoms with van der Waals surface area (Å²) in [5.41, 5.74) is -0.935. The normalized spacial score (nSPS) is 33.7. The molecule has 8 heteroatoms. The minimum atomic E-state index is -5.00. The second-order valence-corrected chi connectivity index (χ2v) is 10.3. The predicted octanol–water partition coefficient (Wildman–Crippen LogP) is 7.93. The zero-order chi connectivity index (χ0) is 24.5. The smallest absolute Gasteiger partial charge is 0.352 e. The summed E-state index contributed by atoms with van der Waals surface area (Å²) >= 11 is 0. The van der Waals surface area contributed by atoms with Crippen LogP contribution in [0.4, 0.5) is 26.3 Å². The number of benzene rings is 1. The van der Waals surface area contributed by atoms with Crippen molar-refractivity contribution < 1.29 is 35.8 Å². The Kier molecular flexibility index (Phi) is 7.97. The van der Waals surface area contributed by atoms with E-state index in [2.05, 4.69) is 6.92 Å². The summed E-state index contributed by atoms with van der Waals surface area (Å²) in [4.78, 5) is 0. The number of ether oxygens (including phenoxy) is 2. The van der Waals surface area contributed by atoms with Crippen LogP contribution >= 0.6 is 0 Å². The van der Waals surface area contributed by atoms with Crippen LogP contribution in [0, 0.1) is 35.3 Å². The molecule has 0 N–H and O–H groups in total. The first-order chi connectivity index (χ1) is 16.1. The molecule has 0 spiro atoms. The van der Waals surface area contributed by atoms with Gasteiger partial charge in [0.2, 0.25) is 0 Å². The third-order valence-electron chi connectivity index (χ3n) is 7.90. The summed E-state index contributed by atoms with van der Waals surface area (Å²) in [6, 6.07) is 1.91. The van der Waals surface area contributed by atoms with Crippen LogP contribution in [0.15, 0.2) is 18.2 Å². The van der Waals surface area contributed by atoms with Crippen molar-refractivity contribution in [1.29, 1.82) is 0 Å². The summed E-state index contributed by atoms with van der Waals surface area (Å²) < 4.78 is 91.7. The number of hydrogen-bond donors (Lipinski definition) is 0. The van der Waals surface area contributed by atoms with E-state index in [1.165, 1.54) is 25.7 Å². The quantitative estimate of drug-likeness (QED) is 0.399. The highest BCUT2D eigenvalue weighted by molar-refractivity contribution is 5.61. The molecule has 1 aromatic carbocycles. The van der Waals surface area contributed by atoms with Crippen molar-refractivity contribution in [3.63, 3.8) is 0 Å². The van der Waals surface area contributed by atoms with Gasteiger partial charge in [-0.15, -0.1) is 0 Å². The topological polar surface area (TPSA) is 18.5 Å². The van der Waals surface area contributed by atoms with Gasteiger partial charge in [-0.1, -0.05) is 19.8 Å². The Morgan fingerprint density at radius 1 is 0.824 bits per heavy atom. The summed E-state index contributed by atoms with van der Waals surface area (Å²) in [7, 11) is 0. The maximum absolute atomic E-state index is 14.3. The maximum atomic E-state index is 14.3. The van der Waals surface area contributed by atoms with Crippen LogP contribution in [0.1, 0.15) is 75.3 Å². The molecule has 34 heavy (non-hydrogen) atoms. The number of hydrogen-bond acceptors (Lipinski definition) is 2. The predicted molar refractivity (Wildman–Crippen MR) is 117 cm³/mol. The van der Waals surface area contributed by atoms with Gasteiger partial charge in [0.25, 0.3) is 0 Å². The Bertz CT molecular complexity index is 836. The first-order valence-corrected chi connectivity index (χ1v) is 12.3. The Hall–Kier alpha value is -1.54. The lowest BCUT2D eigenvalue weighted by molar-refractivity contribution is -0.236. The lowest BCUT2D eigenvalue weighted by atomic mass is 9.76. The fourth-order valence-electron chi connectivity index (χ4n) is 5.83. The summed E-state index contributed by atoms with van der Waals surface area (Å²) in [5.74, 6) is -2.65. The van der Waals surface area contributed by atoms with Crippen molar-refractivity contribution in [3.05, 3.63) is 41.0 Å². The van der Waals surface area contributed by atoms with Crippen LogP contribution in [-0.4, -0.2) is 25.7 Å². The molecule has 0 aromatic heterocycles. The van der Waals surface area contributed by atoms with Gasteiger partial charge in [-0.25, -0.2) is 13.2 Å². The minimum absolute atomic E-state index is 0.149. The van der Waals surface area contributed by atoms with Crippen LogP contribution < -0.4 is 0 Å². The van der Waals surface area contributed by atoms with Gasteiger partial charge in [0.1, 0.15) is 17.5 Å². The van der Waals surface area contributed by atoms with Crippen LogP contribution in [-0.2, 0) is 9.47 Å².